The van der Waals surface area contributed by atoms with E-state index in [9.17, 15) is 14.0 Å². The van der Waals surface area contributed by atoms with E-state index < -0.39 is 11.9 Å². The van der Waals surface area contributed by atoms with Crippen LogP contribution in [0.1, 0.15) is 26.7 Å². The van der Waals surface area contributed by atoms with Crippen LogP contribution in [0.4, 0.5) is 15.8 Å². The minimum atomic E-state index is -0.598. The van der Waals surface area contributed by atoms with Crippen molar-refractivity contribution in [2.75, 3.05) is 10.6 Å². The number of anilines is 2. The molecule has 4 N–H and O–H groups in total. The Morgan fingerprint density at radius 2 is 2.05 bits per heavy atom. The molecule has 104 valence electrons. The summed E-state index contributed by atoms with van der Waals surface area (Å²) in [7, 11) is 0. The van der Waals surface area contributed by atoms with Crippen molar-refractivity contribution in [3.8, 4) is 0 Å². The number of halogens is 1. The second-order valence-corrected chi connectivity index (χ2v) is 4.26. The quantitative estimate of drug-likeness (QED) is 0.761. The number of rotatable bonds is 5. The third-order valence-corrected chi connectivity index (χ3v) is 2.48. The fourth-order valence-corrected chi connectivity index (χ4v) is 1.57. The lowest BCUT2D eigenvalue weighted by Crippen LogP contribution is -2.35. The second-order valence-electron chi connectivity index (χ2n) is 4.26. The van der Waals surface area contributed by atoms with Gasteiger partial charge in [-0.3, -0.25) is 9.59 Å². The van der Waals surface area contributed by atoms with Gasteiger partial charge in [0, 0.05) is 12.6 Å². The number of carbonyl (C=O) groups excluding carboxylic acids is 2. The van der Waals surface area contributed by atoms with Crippen molar-refractivity contribution in [3.63, 3.8) is 0 Å². The Labute approximate surface area is 111 Å². The molecule has 1 aromatic carbocycles. The molecule has 0 spiro atoms. The maximum Gasteiger partial charge on any atom is 0.241 e. The lowest BCUT2D eigenvalue weighted by atomic mass is 10.1. The normalized spacial score (nSPS) is 11.8. The summed E-state index contributed by atoms with van der Waals surface area (Å²) >= 11 is 0. The van der Waals surface area contributed by atoms with Gasteiger partial charge in [-0.15, -0.1) is 0 Å². The number of hydrogen-bond acceptors (Lipinski definition) is 3. The molecule has 1 rings (SSSR count). The van der Waals surface area contributed by atoms with Crippen molar-refractivity contribution in [2.45, 2.75) is 32.7 Å². The average molecular weight is 267 g/mol. The van der Waals surface area contributed by atoms with E-state index in [1.165, 1.54) is 25.1 Å². The standard InChI is InChI=1S/C13H18FN3O2/c1-3-4-11(15)13(19)17-9-5-6-10(14)12(7-9)16-8(2)18/h5-7,11H,3-4,15H2,1-2H3,(H,16,18)(H,17,19)/t11-/m0/s1. The largest absolute Gasteiger partial charge is 0.325 e. The van der Waals surface area contributed by atoms with E-state index in [4.69, 9.17) is 5.73 Å². The predicted molar refractivity (Wildman–Crippen MR) is 72.2 cm³/mol. The lowest BCUT2D eigenvalue weighted by molar-refractivity contribution is -0.117. The van der Waals surface area contributed by atoms with Crippen molar-refractivity contribution < 1.29 is 14.0 Å². The van der Waals surface area contributed by atoms with E-state index in [0.29, 0.717) is 12.1 Å². The van der Waals surface area contributed by atoms with Gasteiger partial charge in [-0.05, 0) is 24.6 Å². The van der Waals surface area contributed by atoms with Crippen LogP contribution >= 0.6 is 0 Å². The van der Waals surface area contributed by atoms with Crippen molar-refractivity contribution in [1.29, 1.82) is 0 Å². The first kappa shape index (κ1) is 15.1. The minimum absolute atomic E-state index is 0.0226. The van der Waals surface area contributed by atoms with Crippen molar-refractivity contribution in [2.24, 2.45) is 5.73 Å². The van der Waals surface area contributed by atoms with E-state index in [1.807, 2.05) is 6.92 Å². The third-order valence-electron chi connectivity index (χ3n) is 2.48. The summed E-state index contributed by atoms with van der Waals surface area (Å²) in [5.74, 6) is -1.28. The highest BCUT2D eigenvalue weighted by Crippen LogP contribution is 2.19. The number of nitrogens with two attached hydrogens (primary N) is 1. The highest BCUT2D eigenvalue weighted by Gasteiger charge is 2.13. The molecule has 0 aliphatic rings. The Bertz CT molecular complexity index is 477. The first-order valence-corrected chi connectivity index (χ1v) is 6.07. The number of carbonyl (C=O) groups is 2. The summed E-state index contributed by atoms with van der Waals surface area (Å²) in [5.41, 5.74) is 6.08. The molecule has 5 nitrogen and oxygen atoms in total. The number of amides is 2. The highest BCUT2D eigenvalue weighted by atomic mass is 19.1. The summed E-state index contributed by atoms with van der Waals surface area (Å²) in [4.78, 5) is 22.6. The molecule has 19 heavy (non-hydrogen) atoms. The van der Waals surface area contributed by atoms with Crippen LogP contribution in [0.15, 0.2) is 18.2 Å². The van der Waals surface area contributed by atoms with E-state index >= 15 is 0 Å². The van der Waals surface area contributed by atoms with Crippen LogP contribution < -0.4 is 16.4 Å². The molecule has 0 bridgehead atoms. The first-order valence-electron chi connectivity index (χ1n) is 6.07. The maximum atomic E-state index is 13.4. The Morgan fingerprint density at radius 3 is 2.63 bits per heavy atom. The fraction of sp³-hybridized carbons (Fsp3) is 0.385. The molecule has 6 heteroatoms. The van der Waals surface area contributed by atoms with Crippen LogP contribution in [-0.4, -0.2) is 17.9 Å². The zero-order valence-corrected chi connectivity index (χ0v) is 11.0. The summed E-state index contributed by atoms with van der Waals surface area (Å²) in [6, 6.07) is 3.34. The van der Waals surface area contributed by atoms with Gasteiger partial charge in [0.05, 0.1) is 11.7 Å². The van der Waals surface area contributed by atoms with Crippen LogP contribution in [0, 0.1) is 5.82 Å². The van der Waals surface area contributed by atoms with Crippen LogP contribution in [-0.2, 0) is 9.59 Å². The Kier molecular flexibility index (Phi) is 5.44. The molecule has 1 aromatic rings. The number of hydrogen-bond donors (Lipinski definition) is 3. The van der Waals surface area contributed by atoms with Crippen molar-refractivity contribution in [1.82, 2.24) is 0 Å². The SMILES string of the molecule is CCC[C@H](N)C(=O)Nc1ccc(F)c(NC(C)=O)c1. The van der Waals surface area contributed by atoms with E-state index in [1.54, 1.807) is 0 Å². The first-order chi connectivity index (χ1) is 8.93. The van der Waals surface area contributed by atoms with Gasteiger partial charge in [0.15, 0.2) is 0 Å². The van der Waals surface area contributed by atoms with Gasteiger partial charge >= 0.3 is 0 Å². The molecule has 0 fully saturated rings. The van der Waals surface area contributed by atoms with Crippen LogP contribution in [0.5, 0.6) is 0 Å². The molecule has 0 aliphatic carbocycles. The number of nitrogens with one attached hydrogen (secondary N) is 2. The Morgan fingerprint density at radius 1 is 1.37 bits per heavy atom. The number of benzene rings is 1. The van der Waals surface area contributed by atoms with E-state index in [-0.39, 0.29) is 17.5 Å². The third kappa shape index (κ3) is 4.67. The lowest BCUT2D eigenvalue weighted by Gasteiger charge is -2.12. The molecule has 2 amide bonds. The van der Waals surface area contributed by atoms with Crippen LogP contribution in [0.2, 0.25) is 0 Å². The van der Waals surface area contributed by atoms with Crippen LogP contribution in [0.25, 0.3) is 0 Å². The topological polar surface area (TPSA) is 84.2 Å². The fourth-order valence-electron chi connectivity index (χ4n) is 1.57. The molecule has 0 radical (unpaired) electrons. The molecule has 0 unspecified atom stereocenters. The molecule has 0 saturated carbocycles. The van der Waals surface area contributed by atoms with Gasteiger partial charge in [-0.1, -0.05) is 13.3 Å². The smallest absolute Gasteiger partial charge is 0.241 e. The summed E-state index contributed by atoms with van der Waals surface area (Å²) in [5, 5.41) is 4.93. The molecular formula is C13H18FN3O2. The van der Waals surface area contributed by atoms with Crippen molar-refractivity contribution >= 4 is 23.2 Å². The summed E-state index contributed by atoms with van der Waals surface area (Å²) < 4.78 is 13.4. The average Bonchev–Trinajstić information content (AvgIpc) is 2.33. The zero-order chi connectivity index (χ0) is 14.4. The van der Waals surface area contributed by atoms with Gasteiger partial charge in [0.25, 0.3) is 0 Å². The molecule has 0 heterocycles. The zero-order valence-electron chi connectivity index (χ0n) is 11.0. The van der Waals surface area contributed by atoms with Gasteiger partial charge in [-0.2, -0.15) is 0 Å². The maximum absolute atomic E-state index is 13.4. The molecule has 0 saturated heterocycles. The molecular weight excluding hydrogens is 249 g/mol. The molecule has 0 aromatic heterocycles. The minimum Gasteiger partial charge on any atom is -0.325 e. The Balaban J connectivity index is 2.79. The van der Waals surface area contributed by atoms with Crippen LogP contribution in [0.3, 0.4) is 0 Å². The second kappa shape index (κ2) is 6.84. The van der Waals surface area contributed by atoms with E-state index in [0.717, 1.165) is 6.42 Å². The summed E-state index contributed by atoms with van der Waals surface area (Å²) in [6.07, 6.45) is 1.38. The highest BCUT2D eigenvalue weighted by molar-refractivity contribution is 5.96. The van der Waals surface area contributed by atoms with Gasteiger partial charge in [0.1, 0.15) is 5.82 Å². The predicted octanol–water partition coefficient (Wildman–Crippen LogP) is 1.85. The van der Waals surface area contributed by atoms with Crippen molar-refractivity contribution in [3.05, 3.63) is 24.0 Å². The Hall–Kier alpha value is -1.95. The summed E-state index contributed by atoms with van der Waals surface area (Å²) in [6.45, 7) is 3.21. The monoisotopic (exact) mass is 267 g/mol. The van der Waals surface area contributed by atoms with Gasteiger partial charge < -0.3 is 16.4 Å². The van der Waals surface area contributed by atoms with Gasteiger partial charge in [-0.25, -0.2) is 4.39 Å². The van der Waals surface area contributed by atoms with E-state index in [2.05, 4.69) is 10.6 Å². The molecule has 0 aliphatic heterocycles. The molecule has 1 atom stereocenters. The van der Waals surface area contributed by atoms with Gasteiger partial charge in [0.2, 0.25) is 11.8 Å².